The number of anilines is 2. The molecule has 4 heterocycles. The number of hydrogen-bond donors (Lipinski definition) is 0. The van der Waals surface area contributed by atoms with Crippen LogP contribution in [0.25, 0.3) is 0 Å². The van der Waals surface area contributed by atoms with Crippen molar-refractivity contribution in [1.82, 2.24) is 18.6 Å². The van der Waals surface area contributed by atoms with Crippen LogP contribution in [0.3, 0.4) is 0 Å². The average Bonchev–Trinajstić information content (AvgIpc) is 3.93. The molecule has 0 N–H and O–H groups in total. The minimum absolute atomic E-state index is 0.0475. The molecular weight excluding hydrogens is 872 g/mol. The number of benzene rings is 4. The summed E-state index contributed by atoms with van der Waals surface area (Å²) >= 11 is 3.23. The molecule has 0 aliphatic carbocycles. The Labute approximate surface area is 381 Å². The molecule has 4 aromatic carbocycles. The van der Waals surface area contributed by atoms with E-state index in [9.17, 15) is 21.2 Å². The molecule has 0 amide bonds. The second-order valence-corrected chi connectivity index (χ2v) is 22.2. The molecule has 6 aromatic rings. The van der Waals surface area contributed by atoms with E-state index in [1.807, 2.05) is 45.9 Å². The Morgan fingerprint density at radius 3 is 1.57 bits per heavy atom. The maximum absolute atomic E-state index is 13.7. The normalized spacial score (nSPS) is 15.4. The molecule has 8 rings (SSSR count). The molecule has 334 valence electrons. The fourth-order valence-electron chi connectivity index (χ4n) is 8.45. The van der Waals surface area contributed by atoms with Crippen molar-refractivity contribution in [2.75, 3.05) is 62.2 Å². The van der Waals surface area contributed by atoms with Crippen LogP contribution in [0.5, 0.6) is 0 Å². The van der Waals surface area contributed by atoms with Gasteiger partial charge in [-0.15, -0.1) is 22.7 Å². The van der Waals surface area contributed by atoms with Crippen LogP contribution >= 0.6 is 22.7 Å². The Kier molecular flexibility index (Phi) is 14.2. The quantitative estimate of drug-likeness (QED) is 0.134. The molecule has 2 aromatic heterocycles. The van der Waals surface area contributed by atoms with Crippen LogP contribution in [0, 0.1) is 61.2 Å². The van der Waals surface area contributed by atoms with Crippen LogP contribution in [0.1, 0.15) is 67.0 Å². The highest BCUT2D eigenvalue weighted by Gasteiger charge is 2.33. The minimum Gasteiger partial charge on any atom is -0.345 e. The first-order valence-electron chi connectivity index (χ1n) is 21.3. The number of thiazole rings is 2. The lowest BCUT2D eigenvalue weighted by atomic mass is 9.96. The molecule has 2 aliphatic rings. The van der Waals surface area contributed by atoms with Gasteiger partial charge in [0.25, 0.3) is 0 Å². The summed E-state index contributed by atoms with van der Waals surface area (Å²) in [7, 11) is -7.24. The highest BCUT2D eigenvalue weighted by Crippen LogP contribution is 2.32. The topological polar surface area (TPSA) is 107 Å². The summed E-state index contributed by atoms with van der Waals surface area (Å²) in [6.45, 7) is 19.9. The monoisotopic (exact) mass is 928 g/mol. The van der Waals surface area contributed by atoms with Crippen LogP contribution in [0.15, 0.2) is 87.3 Å². The Morgan fingerprint density at radius 1 is 0.556 bits per heavy atom. The predicted molar refractivity (Wildman–Crippen MR) is 255 cm³/mol. The van der Waals surface area contributed by atoms with Crippen molar-refractivity contribution in [3.63, 3.8) is 0 Å². The highest BCUT2D eigenvalue weighted by molar-refractivity contribution is 7.89. The van der Waals surface area contributed by atoms with Crippen molar-refractivity contribution in [3.8, 4) is 0 Å². The summed E-state index contributed by atoms with van der Waals surface area (Å²) < 4.78 is 69.7. The zero-order chi connectivity index (χ0) is 45.2. The second kappa shape index (κ2) is 19.3. The van der Waals surface area contributed by atoms with Gasteiger partial charge in [0.1, 0.15) is 5.82 Å². The van der Waals surface area contributed by atoms with Gasteiger partial charge in [-0.1, -0.05) is 60.2 Å². The molecule has 2 aliphatic heterocycles. The number of rotatable bonds is 10. The van der Waals surface area contributed by atoms with Crippen LogP contribution < -0.4 is 9.80 Å². The van der Waals surface area contributed by atoms with Crippen molar-refractivity contribution in [3.05, 3.63) is 150 Å². The van der Waals surface area contributed by atoms with Gasteiger partial charge in [0.2, 0.25) is 20.0 Å². The first kappa shape index (κ1) is 46.5. The zero-order valence-electron chi connectivity index (χ0n) is 37.4. The number of nitrogens with zero attached hydrogens (tertiary/aromatic N) is 6. The van der Waals surface area contributed by atoms with Gasteiger partial charge in [0.05, 0.1) is 21.2 Å². The molecule has 0 atom stereocenters. The van der Waals surface area contributed by atoms with E-state index < -0.39 is 25.9 Å². The molecule has 0 spiro atoms. The minimum atomic E-state index is -3.72. The molecular formula is C48H57FN6O4S4. The lowest BCUT2D eigenvalue weighted by Crippen LogP contribution is -2.49. The first-order valence-corrected chi connectivity index (χ1v) is 25.9. The van der Waals surface area contributed by atoms with Crippen molar-refractivity contribution >= 4 is 53.0 Å². The Morgan fingerprint density at radius 2 is 1.05 bits per heavy atom. The third-order valence-electron chi connectivity index (χ3n) is 12.2. The van der Waals surface area contributed by atoms with Crippen LogP contribution in [-0.2, 0) is 32.9 Å². The van der Waals surface area contributed by atoms with E-state index in [1.165, 1.54) is 44.3 Å². The Hall–Kier alpha value is -4.51. The van der Waals surface area contributed by atoms with Gasteiger partial charge in [-0.05, 0) is 118 Å². The molecule has 0 saturated carbocycles. The fourth-order valence-corrected chi connectivity index (χ4v) is 13.9. The fraction of sp³-hybridized carbons (Fsp3) is 0.375. The number of hydrogen-bond acceptors (Lipinski definition) is 10. The van der Waals surface area contributed by atoms with Crippen LogP contribution in [0.2, 0.25) is 0 Å². The molecule has 15 heteroatoms. The summed E-state index contributed by atoms with van der Waals surface area (Å²) in [6.07, 6.45) is 1.61. The van der Waals surface area contributed by atoms with Crippen LogP contribution in [-0.4, -0.2) is 87.8 Å². The third-order valence-corrected chi connectivity index (χ3v) is 18.3. The van der Waals surface area contributed by atoms with E-state index in [4.69, 9.17) is 9.97 Å². The van der Waals surface area contributed by atoms with E-state index in [1.54, 1.807) is 33.9 Å². The third kappa shape index (κ3) is 10.4. The van der Waals surface area contributed by atoms with Gasteiger partial charge < -0.3 is 9.80 Å². The second-order valence-electron chi connectivity index (χ2n) is 16.7. The molecule has 0 radical (unpaired) electrons. The van der Waals surface area contributed by atoms with Gasteiger partial charge in [0, 0.05) is 76.0 Å². The number of sulfonamides is 2. The summed E-state index contributed by atoms with van der Waals surface area (Å²) in [5, 5.41) is 6.09. The summed E-state index contributed by atoms with van der Waals surface area (Å²) in [6, 6.07) is 20.7. The van der Waals surface area contributed by atoms with Gasteiger partial charge in [-0.2, -0.15) is 8.61 Å². The van der Waals surface area contributed by atoms with Gasteiger partial charge in [-0.3, -0.25) is 0 Å². The van der Waals surface area contributed by atoms with Gasteiger partial charge >= 0.3 is 0 Å². The lowest BCUT2D eigenvalue weighted by Gasteiger charge is -2.34. The standard InChI is InChI=1S/C24H28FN3O2S2.C24H29N3O2S2/c1-16-11-18(3)22(19(4)12-16)14-21-15-31-24(26-21)27-7-9-28(10-8-27)32(29,30)23-13-20(25)6-5-17(23)2;1-17-14-18(2)20(4)23(19(17)3)31(28,29)27-12-10-26(11-13-27)24-25-22(16-30-24)15-21-8-6-5-7-9-21/h5-6,11-13,15H,7-10,14H2,1-4H3;5-9,14,16H,10-13,15H2,1-4H3. The van der Waals surface area contributed by atoms with E-state index in [-0.39, 0.29) is 4.90 Å². The Balaban J connectivity index is 0.000000189. The first-order chi connectivity index (χ1) is 29.9. The molecule has 2 saturated heterocycles. The number of piperazine rings is 2. The zero-order valence-corrected chi connectivity index (χ0v) is 40.7. The SMILES string of the molecule is Cc1cc(C)c(C)c(S(=O)(=O)N2CCN(c3nc(Cc4ccccc4)cs3)CC2)c1C.Cc1cc(C)c(Cc2csc(N3CCN(S(=O)(=O)c4cc(F)ccc4C)CC3)n2)c(C)c1. The molecule has 63 heavy (non-hydrogen) atoms. The van der Waals surface area contributed by atoms with E-state index in [2.05, 4.69) is 71.7 Å². The van der Waals surface area contributed by atoms with Gasteiger partial charge in [-0.25, -0.2) is 31.2 Å². The van der Waals surface area contributed by atoms with E-state index in [0.717, 1.165) is 62.8 Å². The highest BCUT2D eigenvalue weighted by atomic mass is 32.2. The molecule has 2 fully saturated rings. The lowest BCUT2D eigenvalue weighted by molar-refractivity contribution is 0.383. The maximum atomic E-state index is 13.7. The maximum Gasteiger partial charge on any atom is 0.243 e. The van der Waals surface area contributed by atoms with E-state index in [0.29, 0.717) is 62.8 Å². The smallest absolute Gasteiger partial charge is 0.243 e. The number of aromatic nitrogens is 2. The largest absolute Gasteiger partial charge is 0.345 e. The van der Waals surface area contributed by atoms with Crippen molar-refractivity contribution in [2.24, 2.45) is 0 Å². The van der Waals surface area contributed by atoms with Crippen LogP contribution in [0.4, 0.5) is 14.7 Å². The molecule has 0 bridgehead atoms. The van der Waals surface area contributed by atoms with E-state index >= 15 is 0 Å². The number of aryl methyl sites for hydroxylation is 6. The number of halogens is 1. The molecule has 10 nitrogen and oxygen atoms in total. The Bertz CT molecular complexity index is 2760. The summed E-state index contributed by atoms with van der Waals surface area (Å²) in [4.78, 5) is 14.5. The average molecular weight is 929 g/mol. The van der Waals surface area contributed by atoms with Crippen molar-refractivity contribution in [1.29, 1.82) is 0 Å². The summed E-state index contributed by atoms with van der Waals surface area (Å²) in [5.74, 6) is -0.540. The molecule has 0 unspecified atom stereocenters. The van der Waals surface area contributed by atoms with Crippen molar-refractivity contribution < 1.29 is 21.2 Å². The van der Waals surface area contributed by atoms with Crippen molar-refractivity contribution in [2.45, 2.75) is 78.0 Å². The predicted octanol–water partition coefficient (Wildman–Crippen LogP) is 9.10. The summed E-state index contributed by atoms with van der Waals surface area (Å²) in [5.41, 5.74) is 12.8. The van der Waals surface area contributed by atoms with Gasteiger partial charge in [0.15, 0.2) is 10.3 Å².